The van der Waals surface area contributed by atoms with E-state index in [-0.39, 0.29) is 16.9 Å². The molecule has 1 atom stereocenters. The fraction of sp³-hybridized carbons (Fsp3) is 0.462. The highest BCUT2D eigenvalue weighted by Crippen LogP contribution is 2.27. The predicted octanol–water partition coefficient (Wildman–Crippen LogP) is 1.43. The average molecular weight is 311 g/mol. The standard InChI is InChI=1S/C13H21N5O2S/c1-4-10(3)18(5-2)21(19,20)13-12(16-14)15-11-8-6-7-9-17(11)13/h6-10,16H,4-5,14H2,1-3H3. The van der Waals surface area contributed by atoms with Gasteiger partial charge in [-0.25, -0.2) is 19.2 Å². The number of anilines is 1. The molecule has 0 aromatic carbocycles. The van der Waals surface area contributed by atoms with Crippen molar-refractivity contribution in [3.8, 4) is 0 Å². The normalized spacial score (nSPS) is 13.8. The first-order valence-electron chi connectivity index (χ1n) is 6.92. The molecule has 116 valence electrons. The zero-order chi connectivity index (χ0) is 15.6. The summed E-state index contributed by atoms with van der Waals surface area (Å²) < 4.78 is 29.0. The summed E-state index contributed by atoms with van der Waals surface area (Å²) in [6.07, 6.45) is 2.40. The number of fused-ring (bicyclic) bond motifs is 1. The number of pyridine rings is 1. The van der Waals surface area contributed by atoms with Crippen LogP contribution in [0, 0.1) is 0 Å². The van der Waals surface area contributed by atoms with Crippen LogP contribution in [0.2, 0.25) is 0 Å². The number of sulfonamides is 1. The molecule has 2 rings (SSSR count). The van der Waals surface area contributed by atoms with Gasteiger partial charge in [-0.05, 0) is 25.5 Å². The Labute approximate surface area is 124 Å². The molecule has 8 heteroatoms. The first-order valence-corrected chi connectivity index (χ1v) is 8.36. The van der Waals surface area contributed by atoms with Crippen LogP contribution in [-0.4, -0.2) is 34.7 Å². The summed E-state index contributed by atoms with van der Waals surface area (Å²) in [5.74, 6) is 5.61. The van der Waals surface area contributed by atoms with Gasteiger partial charge in [-0.1, -0.05) is 19.9 Å². The van der Waals surface area contributed by atoms with Gasteiger partial charge in [-0.15, -0.1) is 0 Å². The number of nitrogens with two attached hydrogens (primary N) is 1. The molecule has 0 saturated heterocycles. The van der Waals surface area contributed by atoms with Crippen LogP contribution >= 0.6 is 0 Å². The van der Waals surface area contributed by atoms with Gasteiger partial charge in [0.05, 0.1) is 0 Å². The number of hydrogen-bond acceptors (Lipinski definition) is 5. The lowest BCUT2D eigenvalue weighted by molar-refractivity contribution is 0.341. The fourth-order valence-electron chi connectivity index (χ4n) is 2.35. The molecule has 2 aromatic rings. The van der Waals surface area contributed by atoms with Crippen LogP contribution in [0.5, 0.6) is 0 Å². The highest BCUT2D eigenvalue weighted by Gasteiger charge is 2.32. The third-order valence-electron chi connectivity index (χ3n) is 3.57. The molecule has 0 saturated carbocycles. The van der Waals surface area contributed by atoms with E-state index in [0.717, 1.165) is 6.42 Å². The van der Waals surface area contributed by atoms with Crippen LogP contribution in [0.3, 0.4) is 0 Å². The van der Waals surface area contributed by atoms with E-state index in [9.17, 15) is 8.42 Å². The summed E-state index contributed by atoms with van der Waals surface area (Å²) in [6.45, 7) is 6.06. The third kappa shape index (κ3) is 2.61. The molecule has 2 heterocycles. The molecule has 0 spiro atoms. The lowest BCUT2D eigenvalue weighted by Gasteiger charge is -2.26. The van der Waals surface area contributed by atoms with Crippen molar-refractivity contribution in [3.63, 3.8) is 0 Å². The maximum Gasteiger partial charge on any atom is 0.263 e. The minimum absolute atomic E-state index is 0.0720. The molecule has 0 bridgehead atoms. The Morgan fingerprint density at radius 2 is 2.14 bits per heavy atom. The third-order valence-corrected chi connectivity index (χ3v) is 5.68. The van der Waals surface area contributed by atoms with Crippen LogP contribution in [0.15, 0.2) is 29.4 Å². The lowest BCUT2D eigenvalue weighted by atomic mass is 10.3. The van der Waals surface area contributed by atoms with E-state index in [0.29, 0.717) is 12.2 Å². The van der Waals surface area contributed by atoms with Crippen LogP contribution in [-0.2, 0) is 10.0 Å². The first-order chi connectivity index (χ1) is 9.97. The number of aromatic nitrogens is 2. The zero-order valence-corrected chi connectivity index (χ0v) is 13.3. The number of nitrogens with one attached hydrogen (secondary N) is 1. The number of rotatable bonds is 6. The fourth-order valence-corrected chi connectivity index (χ4v) is 4.28. The number of hydrazine groups is 1. The molecule has 1 unspecified atom stereocenters. The highest BCUT2D eigenvalue weighted by molar-refractivity contribution is 7.89. The van der Waals surface area contributed by atoms with Gasteiger partial charge < -0.3 is 5.43 Å². The Hall–Kier alpha value is -1.64. The van der Waals surface area contributed by atoms with E-state index < -0.39 is 10.0 Å². The summed E-state index contributed by atoms with van der Waals surface area (Å²) in [7, 11) is -3.70. The van der Waals surface area contributed by atoms with Crippen LogP contribution in [0.25, 0.3) is 5.65 Å². The van der Waals surface area contributed by atoms with Crippen LogP contribution in [0.1, 0.15) is 27.2 Å². The number of nitrogen functional groups attached to an aromatic ring is 1. The largest absolute Gasteiger partial charge is 0.306 e. The SMILES string of the molecule is CCC(C)N(CC)S(=O)(=O)c1c(NN)nc2ccccn12. The summed E-state index contributed by atoms with van der Waals surface area (Å²) >= 11 is 0. The Kier molecular flexibility index (Phi) is 4.50. The first kappa shape index (κ1) is 15.7. The Bertz CT molecular complexity index is 725. The van der Waals surface area contributed by atoms with Crippen molar-refractivity contribution in [1.29, 1.82) is 0 Å². The molecule has 3 N–H and O–H groups in total. The molecular weight excluding hydrogens is 290 g/mol. The van der Waals surface area contributed by atoms with Gasteiger partial charge in [0.2, 0.25) is 5.03 Å². The summed E-state index contributed by atoms with van der Waals surface area (Å²) in [5, 5.41) is 0.0720. The zero-order valence-electron chi connectivity index (χ0n) is 12.4. The number of hydrogen-bond donors (Lipinski definition) is 2. The van der Waals surface area contributed by atoms with Crippen LogP contribution in [0.4, 0.5) is 5.82 Å². The molecular formula is C13H21N5O2S. The molecule has 0 aliphatic carbocycles. The number of imidazole rings is 1. The average Bonchev–Trinajstić information content (AvgIpc) is 2.86. The van der Waals surface area contributed by atoms with Gasteiger partial charge >= 0.3 is 0 Å². The predicted molar refractivity (Wildman–Crippen MR) is 82.3 cm³/mol. The molecule has 0 amide bonds. The van der Waals surface area contributed by atoms with Crippen molar-refractivity contribution >= 4 is 21.5 Å². The Balaban J connectivity index is 2.69. The van der Waals surface area contributed by atoms with E-state index in [1.165, 1.54) is 8.71 Å². The minimum atomic E-state index is -3.70. The topological polar surface area (TPSA) is 92.7 Å². The Morgan fingerprint density at radius 1 is 1.43 bits per heavy atom. The van der Waals surface area contributed by atoms with Gasteiger partial charge in [-0.2, -0.15) is 4.31 Å². The van der Waals surface area contributed by atoms with Crippen molar-refractivity contribution in [2.45, 2.75) is 38.3 Å². The number of nitrogens with zero attached hydrogens (tertiary/aromatic N) is 3. The molecule has 0 aliphatic heterocycles. The minimum Gasteiger partial charge on any atom is -0.306 e. The smallest absolute Gasteiger partial charge is 0.263 e. The highest BCUT2D eigenvalue weighted by atomic mass is 32.2. The molecule has 21 heavy (non-hydrogen) atoms. The van der Waals surface area contributed by atoms with E-state index in [1.54, 1.807) is 24.4 Å². The maximum atomic E-state index is 13.0. The summed E-state index contributed by atoms with van der Waals surface area (Å²) in [6, 6.07) is 5.19. The second kappa shape index (κ2) is 6.00. The van der Waals surface area contributed by atoms with Crippen molar-refractivity contribution in [2.24, 2.45) is 5.84 Å². The molecule has 0 fully saturated rings. The van der Waals surface area contributed by atoms with Crippen molar-refractivity contribution in [3.05, 3.63) is 24.4 Å². The quantitative estimate of drug-likeness (QED) is 0.622. The van der Waals surface area contributed by atoms with Gasteiger partial charge in [0.1, 0.15) is 5.65 Å². The maximum absolute atomic E-state index is 13.0. The van der Waals surface area contributed by atoms with E-state index in [1.807, 2.05) is 20.8 Å². The van der Waals surface area contributed by atoms with Gasteiger partial charge in [0.25, 0.3) is 10.0 Å². The molecule has 2 aromatic heterocycles. The van der Waals surface area contributed by atoms with E-state index >= 15 is 0 Å². The van der Waals surface area contributed by atoms with Crippen molar-refractivity contribution in [1.82, 2.24) is 13.7 Å². The lowest BCUT2D eigenvalue weighted by Crippen LogP contribution is -2.39. The van der Waals surface area contributed by atoms with E-state index in [2.05, 4.69) is 10.4 Å². The molecule has 0 radical (unpaired) electrons. The Morgan fingerprint density at radius 3 is 2.71 bits per heavy atom. The molecule has 7 nitrogen and oxygen atoms in total. The van der Waals surface area contributed by atoms with E-state index in [4.69, 9.17) is 5.84 Å². The van der Waals surface area contributed by atoms with Crippen molar-refractivity contribution < 1.29 is 8.42 Å². The second-order valence-electron chi connectivity index (χ2n) is 4.80. The van der Waals surface area contributed by atoms with Gasteiger partial charge in [0.15, 0.2) is 5.82 Å². The summed E-state index contributed by atoms with van der Waals surface area (Å²) in [5.41, 5.74) is 2.92. The van der Waals surface area contributed by atoms with Crippen molar-refractivity contribution in [2.75, 3.05) is 12.0 Å². The van der Waals surface area contributed by atoms with Gasteiger partial charge in [-0.3, -0.25) is 4.40 Å². The van der Waals surface area contributed by atoms with Gasteiger partial charge in [0, 0.05) is 18.8 Å². The molecule has 0 aliphatic rings. The van der Waals surface area contributed by atoms with Crippen LogP contribution < -0.4 is 11.3 Å². The monoisotopic (exact) mass is 311 g/mol. The second-order valence-corrected chi connectivity index (χ2v) is 6.61. The summed E-state index contributed by atoms with van der Waals surface area (Å²) in [4.78, 5) is 4.22.